The van der Waals surface area contributed by atoms with Gasteiger partial charge < -0.3 is 26.0 Å². The van der Waals surface area contributed by atoms with Gasteiger partial charge in [0.2, 0.25) is 5.91 Å². The number of carbonyl (C=O) groups excluding carboxylic acids is 2. The first-order chi connectivity index (χ1) is 20.8. The maximum absolute atomic E-state index is 13.8. The second kappa shape index (κ2) is 9.59. The molecular formula is C33H40N6O4. The highest BCUT2D eigenvalue weighted by Gasteiger charge is 2.59. The van der Waals surface area contributed by atoms with E-state index in [-0.39, 0.29) is 34.7 Å². The third kappa shape index (κ3) is 4.27. The molecule has 43 heavy (non-hydrogen) atoms. The van der Waals surface area contributed by atoms with Crippen molar-refractivity contribution in [3.8, 4) is 0 Å². The number of hydrogen-bond donors (Lipinski definition) is 3. The van der Waals surface area contributed by atoms with Gasteiger partial charge in [-0.25, -0.2) is 9.78 Å². The van der Waals surface area contributed by atoms with Gasteiger partial charge in [0.1, 0.15) is 5.82 Å². The number of rotatable bonds is 5. The molecule has 2 unspecified atom stereocenters. The van der Waals surface area contributed by atoms with Crippen molar-refractivity contribution < 1.29 is 19.5 Å². The molecule has 9 rings (SSSR count). The summed E-state index contributed by atoms with van der Waals surface area (Å²) < 4.78 is 0. The summed E-state index contributed by atoms with van der Waals surface area (Å²) >= 11 is 0. The van der Waals surface area contributed by atoms with Crippen LogP contribution in [0.1, 0.15) is 51.4 Å². The molecule has 1 aromatic carbocycles. The number of piperidine rings is 1. The number of fused-ring (bicyclic) bond motifs is 1. The lowest BCUT2D eigenvalue weighted by Gasteiger charge is -2.59. The molecule has 226 valence electrons. The minimum atomic E-state index is -0.650. The minimum absolute atomic E-state index is 0.00711. The molecular weight excluding hydrogens is 544 g/mol. The molecule has 1 spiro atoms. The molecule has 5 aliphatic carbocycles. The Balaban J connectivity index is 0.952. The van der Waals surface area contributed by atoms with Gasteiger partial charge in [-0.2, -0.15) is 0 Å². The SMILES string of the molecule is NC(=O)C12CC3CC(C1)C(NC(=O)N1CCN(c4ccc(N5CCC6(CC5)C[C@@H]6C(=O)O)cn4)c4ccccc41)C(C3)C2. The van der Waals surface area contributed by atoms with Gasteiger partial charge in [-0.3, -0.25) is 14.5 Å². The van der Waals surface area contributed by atoms with Crippen LogP contribution in [0.4, 0.5) is 27.7 Å². The second-order valence-electron chi connectivity index (χ2n) is 14.2. The van der Waals surface area contributed by atoms with E-state index >= 15 is 0 Å². The van der Waals surface area contributed by atoms with E-state index in [1.54, 1.807) is 0 Å². The zero-order chi connectivity index (χ0) is 29.5. The number of carbonyl (C=O) groups is 3. The van der Waals surface area contributed by atoms with E-state index in [9.17, 15) is 19.5 Å². The predicted molar refractivity (Wildman–Crippen MR) is 162 cm³/mol. The van der Waals surface area contributed by atoms with Crippen LogP contribution < -0.4 is 25.8 Å². The van der Waals surface area contributed by atoms with Crippen LogP contribution in [0.5, 0.6) is 0 Å². The molecule has 2 aliphatic heterocycles. The maximum atomic E-state index is 13.8. The van der Waals surface area contributed by atoms with Crippen molar-refractivity contribution in [2.24, 2.45) is 40.2 Å². The van der Waals surface area contributed by atoms with Gasteiger partial charge in [0, 0.05) is 37.6 Å². The molecule has 4 N–H and O–H groups in total. The quantitative estimate of drug-likeness (QED) is 0.482. The Bertz CT molecular complexity index is 1450. The number of amides is 3. The first kappa shape index (κ1) is 26.8. The van der Waals surface area contributed by atoms with E-state index < -0.39 is 5.97 Å². The lowest BCUT2D eigenvalue weighted by molar-refractivity contribution is -0.145. The van der Waals surface area contributed by atoms with E-state index in [1.165, 1.54) is 0 Å². The number of nitrogens with zero attached hydrogens (tertiary/aromatic N) is 4. The van der Waals surface area contributed by atoms with Crippen LogP contribution in [0.3, 0.4) is 0 Å². The number of aliphatic carboxylic acids is 1. The fraction of sp³-hybridized carbons (Fsp3) is 0.576. The van der Waals surface area contributed by atoms with Gasteiger partial charge in [0.25, 0.3) is 0 Å². The highest BCUT2D eigenvalue weighted by molar-refractivity contribution is 5.98. The lowest BCUT2D eigenvalue weighted by atomic mass is 9.47. The van der Waals surface area contributed by atoms with Crippen molar-refractivity contribution in [1.82, 2.24) is 10.3 Å². The van der Waals surface area contributed by atoms with Crippen molar-refractivity contribution in [1.29, 1.82) is 0 Å². The minimum Gasteiger partial charge on any atom is -0.481 e. The standard InChI is InChI=1S/C33H40N6O4/c34-30(42)33-15-20-13-21(16-33)28(22(14-20)17-33)36-31(43)39-12-11-38(25-3-1-2-4-26(25)39)27-6-5-23(19-35-27)37-9-7-32(8-10-37)18-24(32)29(40)41/h1-6,19-22,24,28H,7-18H2,(H2,34,42)(H,36,43)(H,40,41)/t20?,21?,22?,24-,28?,33?/m1/s1. The van der Waals surface area contributed by atoms with E-state index in [0.29, 0.717) is 30.8 Å². The number of carboxylic acid groups (broad SMARTS) is 1. The predicted octanol–water partition coefficient (Wildman–Crippen LogP) is 4.12. The average molecular weight is 585 g/mol. The molecule has 7 aliphatic rings. The summed E-state index contributed by atoms with van der Waals surface area (Å²) in [7, 11) is 0. The highest BCUT2D eigenvalue weighted by Crippen LogP contribution is 2.61. The molecule has 2 aromatic rings. The first-order valence-electron chi connectivity index (χ1n) is 15.9. The number of benzene rings is 1. The van der Waals surface area contributed by atoms with Crippen LogP contribution in [-0.2, 0) is 9.59 Å². The van der Waals surface area contributed by atoms with Gasteiger partial charge >= 0.3 is 12.0 Å². The average Bonchev–Trinajstić information content (AvgIpc) is 3.72. The number of anilines is 4. The van der Waals surface area contributed by atoms with E-state index in [0.717, 1.165) is 87.3 Å². The molecule has 10 heteroatoms. The Labute approximate surface area is 251 Å². The van der Waals surface area contributed by atoms with Crippen LogP contribution in [0, 0.1) is 34.5 Å². The van der Waals surface area contributed by atoms with E-state index in [4.69, 9.17) is 10.7 Å². The summed E-state index contributed by atoms with van der Waals surface area (Å²) in [5.74, 6) is 1.05. The summed E-state index contributed by atoms with van der Waals surface area (Å²) in [6.45, 7) is 2.88. The normalized spacial score (nSPS) is 33.3. The zero-order valence-electron chi connectivity index (χ0n) is 24.5. The summed E-state index contributed by atoms with van der Waals surface area (Å²) in [5, 5.41) is 12.8. The van der Waals surface area contributed by atoms with Gasteiger partial charge in [0.05, 0.1) is 29.2 Å². The molecule has 10 nitrogen and oxygen atoms in total. The molecule has 1 aromatic heterocycles. The van der Waals surface area contributed by atoms with Gasteiger partial charge in [0.15, 0.2) is 0 Å². The Morgan fingerprint density at radius 2 is 1.63 bits per heavy atom. The van der Waals surface area contributed by atoms with Crippen molar-refractivity contribution in [3.05, 3.63) is 42.6 Å². The van der Waals surface area contributed by atoms with Crippen LogP contribution in [-0.4, -0.2) is 60.2 Å². The van der Waals surface area contributed by atoms with Crippen LogP contribution in [0.2, 0.25) is 0 Å². The Morgan fingerprint density at radius 1 is 0.907 bits per heavy atom. The number of aromatic nitrogens is 1. The maximum Gasteiger partial charge on any atom is 0.322 e. The highest BCUT2D eigenvalue weighted by atomic mass is 16.4. The van der Waals surface area contributed by atoms with Crippen LogP contribution in [0.15, 0.2) is 42.6 Å². The summed E-state index contributed by atoms with van der Waals surface area (Å²) in [4.78, 5) is 48.8. The third-order valence-corrected chi connectivity index (χ3v) is 12.0. The smallest absolute Gasteiger partial charge is 0.322 e. The summed E-state index contributed by atoms with van der Waals surface area (Å²) in [6.07, 6.45) is 9.23. The molecule has 1 saturated heterocycles. The molecule has 0 radical (unpaired) electrons. The number of nitrogens with two attached hydrogens (primary N) is 1. The molecule has 4 bridgehead atoms. The zero-order valence-corrected chi connectivity index (χ0v) is 24.5. The third-order valence-electron chi connectivity index (χ3n) is 12.0. The molecule has 6 fully saturated rings. The molecule has 3 heterocycles. The number of nitrogens with one attached hydrogen (secondary N) is 1. The fourth-order valence-corrected chi connectivity index (χ4v) is 9.78. The van der Waals surface area contributed by atoms with Crippen molar-refractivity contribution >= 4 is 40.8 Å². The topological polar surface area (TPSA) is 132 Å². The van der Waals surface area contributed by atoms with Crippen molar-refractivity contribution in [2.75, 3.05) is 40.9 Å². The monoisotopic (exact) mass is 584 g/mol. The van der Waals surface area contributed by atoms with Crippen LogP contribution in [0.25, 0.3) is 0 Å². The number of para-hydroxylation sites is 2. The van der Waals surface area contributed by atoms with Crippen LogP contribution >= 0.6 is 0 Å². The molecule has 5 saturated carbocycles. The Morgan fingerprint density at radius 3 is 2.26 bits per heavy atom. The van der Waals surface area contributed by atoms with Crippen molar-refractivity contribution in [2.45, 2.75) is 57.4 Å². The number of primary amides is 1. The summed E-state index contributed by atoms with van der Waals surface area (Å²) in [6, 6.07) is 12.2. The number of hydrogen-bond acceptors (Lipinski definition) is 6. The van der Waals surface area contributed by atoms with Crippen molar-refractivity contribution in [3.63, 3.8) is 0 Å². The largest absolute Gasteiger partial charge is 0.481 e. The summed E-state index contributed by atoms with van der Waals surface area (Å²) in [5.41, 5.74) is 8.40. The Hall–Kier alpha value is -3.82. The number of pyridine rings is 1. The van der Waals surface area contributed by atoms with E-state index in [2.05, 4.69) is 21.2 Å². The second-order valence-corrected chi connectivity index (χ2v) is 14.2. The Kier molecular flexibility index (Phi) is 5.97. The number of urea groups is 1. The molecule has 3 atom stereocenters. The lowest BCUT2D eigenvalue weighted by Crippen LogP contribution is -2.63. The molecule has 3 amide bonds. The van der Waals surface area contributed by atoms with E-state index in [1.807, 2.05) is 41.4 Å². The van der Waals surface area contributed by atoms with Gasteiger partial charge in [-0.05, 0) is 98.8 Å². The first-order valence-corrected chi connectivity index (χ1v) is 15.9. The fourth-order valence-electron chi connectivity index (χ4n) is 9.78. The number of carboxylic acids is 1. The van der Waals surface area contributed by atoms with Gasteiger partial charge in [-0.1, -0.05) is 12.1 Å². The van der Waals surface area contributed by atoms with Gasteiger partial charge in [-0.15, -0.1) is 0 Å².